The molecule has 1 aromatic rings. The maximum atomic E-state index is 11.4. The zero-order chi connectivity index (χ0) is 11.6. The van der Waals surface area contributed by atoms with E-state index in [2.05, 4.69) is 14.8 Å². The van der Waals surface area contributed by atoms with Gasteiger partial charge >= 0.3 is 0 Å². The second-order valence-electron chi connectivity index (χ2n) is 3.68. The summed E-state index contributed by atoms with van der Waals surface area (Å²) in [6.45, 7) is 1.68. The minimum Gasteiger partial charge on any atom is -0.312 e. The van der Waals surface area contributed by atoms with Crippen LogP contribution < -0.4 is 14.8 Å². The Balaban J connectivity index is 2.35. The largest absolute Gasteiger partial charge is 0.312 e. The van der Waals surface area contributed by atoms with E-state index >= 15 is 0 Å². The van der Waals surface area contributed by atoms with Crippen LogP contribution in [0.5, 0.6) is 0 Å². The molecule has 0 radical (unpaired) electrons. The third-order valence-corrected chi connectivity index (χ3v) is 3.68. The van der Waals surface area contributed by atoms with Crippen LogP contribution in [0.2, 0.25) is 0 Å². The van der Waals surface area contributed by atoms with E-state index in [4.69, 9.17) is 0 Å². The Morgan fingerprint density at radius 2 is 2.19 bits per heavy atom. The van der Waals surface area contributed by atoms with Crippen molar-refractivity contribution in [2.45, 2.75) is 13.0 Å². The average molecular weight is 241 g/mol. The molecule has 0 bridgehead atoms. The maximum absolute atomic E-state index is 11.4. The van der Waals surface area contributed by atoms with E-state index in [-0.39, 0.29) is 0 Å². The maximum Gasteiger partial charge on any atom is 0.298 e. The van der Waals surface area contributed by atoms with Gasteiger partial charge in [-0.1, -0.05) is 12.1 Å². The van der Waals surface area contributed by atoms with Crippen molar-refractivity contribution in [2.75, 3.05) is 18.3 Å². The van der Waals surface area contributed by atoms with Crippen molar-refractivity contribution in [3.63, 3.8) is 0 Å². The normalized spacial score (nSPS) is 15.6. The van der Waals surface area contributed by atoms with Crippen LogP contribution >= 0.6 is 0 Å². The SMILES string of the molecule is CNS(=O)(=O)Nc1cccc2c1CCNC2. The fourth-order valence-electron chi connectivity index (χ4n) is 1.82. The number of rotatable bonds is 3. The fraction of sp³-hybridized carbons (Fsp3) is 0.400. The van der Waals surface area contributed by atoms with Crippen molar-refractivity contribution in [1.82, 2.24) is 10.0 Å². The van der Waals surface area contributed by atoms with Gasteiger partial charge in [0.25, 0.3) is 10.2 Å². The second-order valence-corrected chi connectivity index (χ2v) is 5.30. The predicted octanol–water partition coefficient (Wildman–Crippen LogP) is 0.208. The third-order valence-electron chi connectivity index (χ3n) is 2.65. The minimum atomic E-state index is -3.43. The van der Waals surface area contributed by atoms with Gasteiger partial charge in [-0.25, -0.2) is 4.72 Å². The molecule has 0 spiro atoms. The molecule has 5 nitrogen and oxygen atoms in total. The lowest BCUT2D eigenvalue weighted by Gasteiger charge is -2.20. The summed E-state index contributed by atoms with van der Waals surface area (Å²) in [4.78, 5) is 0. The van der Waals surface area contributed by atoms with E-state index in [1.54, 1.807) is 6.07 Å². The molecule has 6 heteroatoms. The van der Waals surface area contributed by atoms with E-state index < -0.39 is 10.2 Å². The molecule has 0 aromatic heterocycles. The lowest BCUT2D eigenvalue weighted by atomic mass is 9.99. The van der Waals surface area contributed by atoms with E-state index in [1.807, 2.05) is 12.1 Å². The Labute approximate surface area is 95.4 Å². The summed E-state index contributed by atoms with van der Waals surface area (Å²) in [6, 6.07) is 5.66. The van der Waals surface area contributed by atoms with Crippen molar-refractivity contribution < 1.29 is 8.42 Å². The Morgan fingerprint density at radius 3 is 2.94 bits per heavy atom. The Hall–Kier alpha value is -1.11. The first kappa shape index (κ1) is 11.4. The number of hydrogen-bond acceptors (Lipinski definition) is 3. The van der Waals surface area contributed by atoms with Crippen LogP contribution in [-0.4, -0.2) is 22.0 Å². The zero-order valence-corrected chi connectivity index (χ0v) is 9.89. The highest BCUT2D eigenvalue weighted by atomic mass is 32.2. The molecule has 0 amide bonds. The lowest BCUT2D eigenvalue weighted by molar-refractivity contribution is 0.593. The van der Waals surface area contributed by atoms with Gasteiger partial charge in [0.15, 0.2) is 0 Å². The van der Waals surface area contributed by atoms with Crippen LogP contribution in [0, 0.1) is 0 Å². The Morgan fingerprint density at radius 1 is 1.38 bits per heavy atom. The predicted molar refractivity (Wildman–Crippen MR) is 63.5 cm³/mol. The summed E-state index contributed by atoms with van der Waals surface area (Å²) in [7, 11) is -2.04. The first-order valence-corrected chi connectivity index (χ1v) is 6.63. The summed E-state index contributed by atoms with van der Waals surface area (Å²) in [6.07, 6.45) is 0.845. The van der Waals surface area contributed by atoms with Crippen molar-refractivity contribution in [2.24, 2.45) is 0 Å². The second kappa shape index (κ2) is 4.40. The topological polar surface area (TPSA) is 70.2 Å². The molecule has 1 aromatic carbocycles. The molecule has 16 heavy (non-hydrogen) atoms. The van der Waals surface area contributed by atoms with Gasteiger partial charge in [-0.15, -0.1) is 0 Å². The van der Waals surface area contributed by atoms with Crippen LogP contribution in [0.4, 0.5) is 5.69 Å². The van der Waals surface area contributed by atoms with E-state index in [0.29, 0.717) is 5.69 Å². The Bertz CT molecular complexity index is 485. The summed E-state index contributed by atoms with van der Waals surface area (Å²) in [5.41, 5.74) is 2.91. The summed E-state index contributed by atoms with van der Waals surface area (Å²) < 4.78 is 27.6. The highest BCUT2D eigenvalue weighted by molar-refractivity contribution is 7.90. The first-order valence-electron chi connectivity index (χ1n) is 5.15. The van der Waals surface area contributed by atoms with Crippen molar-refractivity contribution in [3.05, 3.63) is 29.3 Å². The summed E-state index contributed by atoms with van der Waals surface area (Å²) >= 11 is 0. The average Bonchev–Trinajstić information content (AvgIpc) is 2.29. The standard InChI is InChI=1S/C10H15N3O2S/c1-11-16(14,15)13-10-4-2-3-8-7-12-6-5-9(8)10/h2-4,11-13H,5-7H2,1H3. The van der Waals surface area contributed by atoms with Gasteiger partial charge in [0, 0.05) is 13.6 Å². The molecule has 1 aliphatic heterocycles. The number of hydrogen-bond donors (Lipinski definition) is 3. The molecule has 1 aliphatic rings. The van der Waals surface area contributed by atoms with Gasteiger partial charge in [0.2, 0.25) is 0 Å². The van der Waals surface area contributed by atoms with Crippen LogP contribution in [0.1, 0.15) is 11.1 Å². The van der Waals surface area contributed by atoms with E-state index in [9.17, 15) is 8.42 Å². The zero-order valence-electron chi connectivity index (χ0n) is 9.08. The molecule has 2 rings (SSSR count). The number of nitrogens with one attached hydrogen (secondary N) is 3. The minimum absolute atomic E-state index is 0.674. The van der Waals surface area contributed by atoms with Crippen LogP contribution in [0.25, 0.3) is 0 Å². The number of anilines is 1. The molecule has 1 heterocycles. The molecular weight excluding hydrogens is 226 g/mol. The van der Waals surface area contributed by atoms with Gasteiger partial charge < -0.3 is 5.32 Å². The smallest absolute Gasteiger partial charge is 0.298 e. The van der Waals surface area contributed by atoms with Crippen LogP contribution in [-0.2, 0) is 23.2 Å². The monoisotopic (exact) mass is 241 g/mol. The molecule has 0 fully saturated rings. The van der Waals surface area contributed by atoms with Crippen molar-refractivity contribution >= 4 is 15.9 Å². The third kappa shape index (κ3) is 2.34. The molecule has 0 saturated carbocycles. The number of benzene rings is 1. The van der Waals surface area contributed by atoms with Gasteiger partial charge in [-0.05, 0) is 30.2 Å². The highest BCUT2D eigenvalue weighted by Crippen LogP contribution is 2.23. The molecule has 0 aliphatic carbocycles. The van der Waals surface area contributed by atoms with Crippen LogP contribution in [0.15, 0.2) is 18.2 Å². The quantitative estimate of drug-likeness (QED) is 0.708. The molecule has 0 unspecified atom stereocenters. The lowest BCUT2D eigenvalue weighted by Crippen LogP contribution is -2.29. The first-order chi connectivity index (χ1) is 7.62. The summed E-state index contributed by atoms with van der Waals surface area (Å²) in [5.74, 6) is 0. The van der Waals surface area contributed by atoms with Crippen LogP contribution in [0.3, 0.4) is 0 Å². The number of fused-ring (bicyclic) bond motifs is 1. The van der Waals surface area contributed by atoms with Crippen molar-refractivity contribution in [3.8, 4) is 0 Å². The van der Waals surface area contributed by atoms with E-state index in [1.165, 1.54) is 7.05 Å². The van der Waals surface area contributed by atoms with E-state index in [0.717, 1.165) is 30.6 Å². The highest BCUT2D eigenvalue weighted by Gasteiger charge is 2.15. The van der Waals surface area contributed by atoms with Gasteiger partial charge in [-0.2, -0.15) is 8.42 Å². The summed E-state index contributed by atoms with van der Waals surface area (Å²) in [5, 5.41) is 3.25. The molecule has 0 atom stereocenters. The Kier molecular flexibility index (Phi) is 3.13. The van der Waals surface area contributed by atoms with Gasteiger partial charge in [-0.3, -0.25) is 4.72 Å². The van der Waals surface area contributed by atoms with Crippen molar-refractivity contribution in [1.29, 1.82) is 0 Å². The fourth-order valence-corrected chi connectivity index (χ4v) is 2.41. The van der Waals surface area contributed by atoms with Gasteiger partial charge in [0.05, 0.1) is 5.69 Å². The van der Waals surface area contributed by atoms with Gasteiger partial charge in [0.1, 0.15) is 0 Å². The molecule has 88 valence electrons. The molecule has 0 saturated heterocycles. The molecular formula is C10H15N3O2S. The molecule has 3 N–H and O–H groups in total.